The summed E-state index contributed by atoms with van der Waals surface area (Å²) in [4.78, 5) is 22.4. The molecular weight excluding hydrogens is 244 g/mol. The van der Waals surface area contributed by atoms with E-state index in [2.05, 4.69) is 10.2 Å². The molecule has 0 amide bonds. The van der Waals surface area contributed by atoms with Crippen molar-refractivity contribution in [3.63, 3.8) is 0 Å². The van der Waals surface area contributed by atoms with Gasteiger partial charge in [0.25, 0.3) is 5.56 Å². The summed E-state index contributed by atoms with van der Waals surface area (Å²) in [6, 6.07) is 5.93. The molecule has 5 heteroatoms. The van der Waals surface area contributed by atoms with Gasteiger partial charge in [-0.25, -0.2) is 0 Å². The molecule has 1 aromatic heterocycles. The number of hydrogen-bond donors (Lipinski definition) is 3. The first kappa shape index (κ1) is 13.1. The number of nitrogens with one attached hydrogen (secondary N) is 2. The third-order valence-corrected chi connectivity index (χ3v) is 3.12. The fraction of sp³-hybridized carbons (Fsp3) is 0.286. The van der Waals surface area contributed by atoms with Crippen molar-refractivity contribution < 1.29 is 9.90 Å². The summed E-state index contributed by atoms with van der Waals surface area (Å²) in [6.45, 7) is 3.97. The van der Waals surface area contributed by atoms with Crippen molar-refractivity contribution in [2.45, 2.75) is 26.7 Å². The molecule has 19 heavy (non-hydrogen) atoms. The Hall–Kier alpha value is -2.30. The van der Waals surface area contributed by atoms with Gasteiger partial charge in [0.05, 0.1) is 5.69 Å². The lowest BCUT2D eigenvalue weighted by Gasteiger charge is -2.06. The standard InChI is InChI=1S/C14H16N2O3/c1-8-3-4-10(9(2)7-8)13-11(5-6-12(17)18)14(19)16-15-13/h3-4,7H,5-6H2,1-2H3,(H,17,18)(H2,15,16,19). The highest BCUT2D eigenvalue weighted by molar-refractivity contribution is 5.70. The van der Waals surface area contributed by atoms with Gasteiger partial charge in [-0.2, -0.15) is 0 Å². The highest BCUT2D eigenvalue weighted by Gasteiger charge is 2.14. The van der Waals surface area contributed by atoms with E-state index in [0.717, 1.165) is 16.7 Å². The van der Waals surface area contributed by atoms with Crippen molar-refractivity contribution >= 4 is 5.97 Å². The van der Waals surface area contributed by atoms with E-state index < -0.39 is 5.97 Å². The lowest BCUT2D eigenvalue weighted by molar-refractivity contribution is -0.136. The molecule has 0 bridgehead atoms. The molecule has 0 fully saturated rings. The third kappa shape index (κ3) is 2.76. The van der Waals surface area contributed by atoms with Gasteiger partial charge in [0.2, 0.25) is 0 Å². The predicted octanol–water partition coefficient (Wildman–Crippen LogP) is 2.00. The molecule has 0 saturated carbocycles. The van der Waals surface area contributed by atoms with Crippen LogP contribution >= 0.6 is 0 Å². The molecule has 0 atom stereocenters. The van der Waals surface area contributed by atoms with Crippen molar-refractivity contribution in [2.24, 2.45) is 0 Å². The van der Waals surface area contributed by atoms with E-state index in [0.29, 0.717) is 11.3 Å². The zero-order valence-electron chi connectivity index (χ0n) is 10.9. The van der Waals surface area contributed by atoms with E-state index in [1.54, 1.807) is 0 Å². The van der Waals surface area contributed by atoms with E-state index in [4.69, 9.17) is 5.11 Å². The second-order valence-electron chi connectivity index (χ2n) is 4.64. The highest BCUT2D eigenvalue weighted by atomic mass is 16.4. The molecule has 0 saturated heterocycles. The quantitative estimate of drug-likeness (QED) is 0.786. The fourth-order valence-corrected chi connectivity index (χ4v) is 2.18. The fourth-order valence-electron chi connectivity index (χ4n) is 2.18. The number of carbonyl (C=O) groups is 1. The van der Waals surface area contributed by atoms with Crippen LogP contribution in [-0.4, -0.2) is 21.3 Å². The second kappa shape index (κ2) is 5.14. The number of carboxylic acid groups (broad SMARTS) is 1. The summed E-state index contributed by atoms with van der Waals surface area (Å²) >= 11 is 0. The lowest BCUT2D eigenvalue weighted by atomic mass is 9.99. The van der Waals surface area contributed by atoms with Gasteiger partial charge in [-0.15, -0.1) is 0 Å². The lowest BCUT2D eigenvalue weighted by Crippen LogP contribution is -2.08. The molecule has 0 aliphatic carbocycles. The van der Waals surface area contributed by atoms with Crippen molar-refractivity contribution in [3.05, 3.63) is 45.2 Å². The van der Waals surface area contributed by atoms with Crippen molar-refractivity contribution in [1.29, 1.82) is 0 Å². The molecule has 0 spiro atoms. The first-order chi connectivity index (χ1) is 8.99. The Morgan fingerprint density at radius 3 is 2.63 bits per heavy atom. The largest absolute Gasteiger partial charge is 0.481 e. The predicted molar refractivity (Wildman–Crippen MR) is 72.3 cm³/mol. The van der Waals surface area contributed by atoms with Crippen LogP contribution in [0.3, 0.4) is 0 Å². The van der Waals surface area contributed by atoms with Gasteiger partial charge in [0, 0.05) is 17.5 Å². The molecule has 0 unspecified atom stereocenters. The van der Waals surface area contributed by atoms with Crippen LogP contribution in [0.4, 0.5) is 0 Å². The van der Waals surface area contributed by atoms with E-state index in [1.165, 1.54) is 0 Å². The molecule has 2 aromatic rings. The molecular formula is C14H16N2O3. The Morgan fingerprint density at radius 1 is 1.26 bits per heavy atom. The number of aliphatic carboxylic acids is 1. The van der Waals surface area contributed by atoms with Gasteiger partial charge in [-0.1, -0.05) is 23.8 Å². The van der Waals surface area contributed by atoms with Crippen LogP contribution < -0.4 is 5.56 Å². The number of rotatable bonds is 4. The average Bonchev–Trinajstić information content (AvgIpc) is 2.68. The molecule has 2 rings (SSSR count). The maximum atomic E-state index is 11.7. The minimum absolute atomic E-state index is 0.0567. The normalized spacial score (nSPS) is 10.6. The monoisotopic (exact) mass is 260 g/mol. The molecule has 0 radical (unpaired) electrons. The number of aromatic amines is 2. The summed E-state index contributed by atoms with van der Waals surface area (Å²) < 4.78 is 0. The summed E-state index contributed by atoms with van der Waals surface area (Å²) in [5.74, 6) is -0.910. The van der Waals surface area contributed by atoms with Crippen LogP contribution in [-0.2, 0) is 11.2 Å². The van der Waals surface area contributed by atoms with Crippen LogP contribution in [0.2, 0.25) is 0 Å². The number of hydrogen-bond acceptors (Lipinski definition) is 2. The van der Waals surface area contributed by atoms with Crippen LogP contribution in [0, 0.1) is 13.8 Å². The smallest absolute Gasteiger partial charge is 0.303 e. The van der Waals surface area contributed by atoms with Gasteiger partial charge in [-0.3, -0.25) is 19.8 Å². The van der Waals surface area contributed by atoms with E-state index in [1.807, 2.05) is 32.0 Å². The zero-order chi connectivity index (χ0) is 14.0. The molecule has 0 aliphatic heterocycles. The van der Waals surface area contributed by atoms with Crippen LogP contribution in [0.5, 0.6) is 0 Å². The molecule has 100 valence electrons. The number of aryl methyl sites for hydroxylation is 2. The SMILES string of the molecule is Cc1ccc(-c2[nH][nH]c(=O)c2CCC(=O)O)c(C)c1. The Kier molecular flexibility index (Phi) is 3.55. The van der Waals surface area contributed by atoms with Crippen molar-refractivity contribution in [1.82, 2.24) is 10.2 Å². The first-order valence-corrected chi connectivity index (χ1v) is 6.08. The van der Waals surface area contributed by atoms with Gasteiger partial charge in [0.15, 0.2) is 0 Å². The van der Waals surface area contributed by atoms with Crippen LogP contribution in [0.15, 0.2) is 23.0 Å². The van der Waals surface area contributed by atoms with Gasteiger partial charge < -0.3 is 5.11 Å². The summed E-state index contributed by atoms with van der Waals surface area (Å²) in [5, 5.41) is 14.1. The van der Waals surface area contributed by atoms with Crippen LogP contribution in [0.1, 0.15) is 23.1 Å². The Morgan fingerprint density at radius 2 is 2.00 bits per heavy atom. The minimum Gasteiger partial charge on any atom is -0.481 e. The topological polar surface area (TPSA) is 86.0 Å². The van der Waals surface area contributed by atoms with Crippen LogP contribution in [0.25, 0.3) is 11.3 Å². The average molecular weight is 260 g/mol. The summed E-state index contributed by atoms with van der Waals surface area (Å²) in [7, 11) is 0. The van der Waals surface area contributed by atoms with E-state index >= 15 is 0 Å². The number of H-pyrrole nitrogens is 2. The highest BCUT2D eigenvalue weighted by Crippen LogP contribution is 2.24. The van der Waals surface area contributed by atoms with Gasteiger partial charge in [-0.05, 0) is 25.8 Å². The van der Waals surface area contributed by atoms with E-state index in [9.17, 15) is 9.59 Å². The Labute approximate surface area is 110 Å². The van der Waals surface area contributed by atoms with Gasteiger partial charge in [0.1, 0.15) is 0 Å². The Balaban J connectivity index is 2.45. The number of carboxylic acids is 1. The molecule has 1 heterocycles. The maximum absolute atomic E-state index is 11.7. The first-order valence-electron chi connectivity index (χ1n) is 6.08. The summed E-state index contributed by atoms with van der Waals surface area (Å²) in [6.07, 6.45) is 0.162. The van der Waals surface area contributed by atoms with Crippen molar-refractivity contribution in [2.75, 3.05) is 0 Å². The maximum Gasteiger partial charge on any atom is 0.303 e. The molecule has 3 N–H and O–H groups in total. The van der Waals surface area contributed by atoms with Crippen molar-refractivity contribution in [3.8, 4) is 11.3 Å². The minimum atomic E-state index is -0.910. The second-order valence-corrected chi connectivity index (χ2v) is 4.64. The van der Waals surface area contributed by atoms with Gasteiger partial charge >= 0.3 is 5.97 Å². The zero-order valence-corrected chi connectivity index (χ0v) is 10.9. The number of aromatic nitrogens is 2. The van der Waals surface area contributed by atoms with E-state index in [-0.39, 0.29) is 18.4 Å². The molecule has 0 aliphatic rings. The number of benzene rings is 1. The molecule has 5 nitrogen and oxygen atoms in total. The molecule has 1 aromatic carbocycles. The Bertz CT molecular complexity index is 668. The summed E-state index contributed by atoms with van der Waals surface area (Å²) in [5.41, 5.74) is 4.04. The third-order valence-electron chi connectivity index (χ3n) is 3.12.